The first kappa shape index (κ1) is 17.0. The molecule has 2 aromatic rings. The molecule has 2 aliphatic rings. The highest BCUT2D eigenvalue weighted by molar-refractivity contribution is 5.94. The van der Waals surface area contributed by atoms with Crippen molar-refractivity contribution in [1.82, 2.24) is 14.9 Å². The van der Waals surface area contributed by atoms with E-state index >= 15 is 0 Å². The molecule has 0 unspecified atom stereocenters. The topological polar surface area (TPSA) is 58.6 Å². The first-order chi connectivity index (χ1) is 12.7. The third-order valence-electron chi connectivity index (χ3n) is 5.34. The van der Waals surface area contributed by atoms with E-state index in [9.17, 15) is 4.79 Å². The van der Waals surface area contributed by atoms with E-state index in [1.54, 1.807) is 6.20 Å². The van der Waals surface area contributed by atoms with Crippen molar-refractivity contribution < 1.29 is 9.53 Å². The van der Waals surface area contributed by atoms with Gasteiger partial charge < -0.3 is 14.5 Å². The molecular weight excluding hydrogens is 328 g/mol. The molecule has 0 saturated carbocycles. The number of carbonyl (C=O) groups is 1. The maximum atomic E-state index is 12.7. The SMILES string of the molecule is Cc1ccc(C(=O)N2CCC3(CC2)CN(c2ccccn2)CCO3)cn1. The third kappa shape index (κ3) is 3.42. The highest BCUT2D eigenvalue weighted by Gasteiger charge is 2.41. The number of hydrogen-bond acceptors (Lipinski definition) is 5. The maximum Gasteiger partial charge on any atom is 0.255 e. The Labute approximate surface area is 153 Å². The van der Waals surface area contributed by atoms with Crippen LogP contribution in [-0.2, 0) is 4.74 Å². The lowest BCUT2D eigenvalue weighted by Crippen LogP contribution is -2.57. The van der Waals surface area contributed by atoms with E-state index in [2.05, 4.69) is 14.9 Å². The van der Waals surface area contributed by atoms with Gasteiger partial charge in [0.1, 0.15) is 5.82 Å². The van der Waals surface area contributed by atoms with Crippen molar-refractivity contribution in [2.24, 2.45) is 0 Å². The number of nitrogens with zero attached hydrogens (tertiary/aromatic N) is 4. The molecule has 1 amide bonds. The summed E-state index contributed by atoms with van der Waals surface area (Å²) in [6.07, 6.45) is 5.19. The number of aromatic nitrogens is 2. The van der Waals surface area contributed by atoms with E-state index in [4.69, 9.17) is 4.74 Å². The van der Waals surface area contributed by atoms with Gasteiger partial charge in [-0.05, 0) is 44.0 Å². The molecule has 2 fully saturated rings. The van der Waals surface area contributed by atoms with Crippen LogP contribution in [0.5, 0.6) is 0 Å². The molecule has 0 aromatic carbocycles. The van der Waals surface area contributed by atoms with Crippen molar-refractivity contribution in [1.29, 1.82) is 0 Å². The maximum absolute atomic E-state index is 12.7. The zero-order valence-electron chi connectivity index (χ0n) is 15.1. The van der Waals surface area contributed by atoms with Gasteiger partial charge in [-0.15, -0.1) is 0 Å². The Morgan fingerprint density at radius 2 is 1.96 bits per heavy atom. The summed E-state index contributed by atoms with van der Waals surface area (Å²) in [6.45, 7) is 5.74. The standard InChI is InChI=1S/C20H24N4O2/c1-16-5-6-17(14-22-16)19(25)23-10-7-20(8-11-23)15-24(12-13-26-20)18-4-2-3-9-21-18/h2-6,9,14H,7-8,10-13,15H2,1H3. The van der Waals surface area contributed by atoms with Crippen molar-refractivity contribution in [3.63, 3.8) is 0 Å². The van der Waals surface area contributed by atoms with Gasteiger partial charge in [-0.2, -0.15) is 0 Å². The molecule has 26 heavy (non-hydrogen) atoms. The van der Waals surface area contributed by atoms with Crippen molar-refractivity contribution in [3.05, 3.63) is 54.0 Å². The number of hydrogen-bond donors (Lipinski definition) is 0. The summed E-state index contributed by atoms with van der Waals surface area (Å²) < 4.78 is 6.19. The smallest absolute Gasteiger partial charge is 0.255 e. The molecule has 6 nitrogen and oxygen atoms in total. The van der Waals surface area contributed by atoms with Crippen molar-refractivity contribution >= 4 is 11.7 Å². The summed E-state index contributed by atoms with van der Waals surface area (Å²) in [5, 5.41) is 0. The molecule has 136 valence electrons. The van der Waals surface area contributed by atoms with Gasteiger partial charge in [0.05, 0.1) is 17.8 Å². The number of morpholine rings is 1. The second-order valence-corrected chi connectivity index (χ2v) is 7.12. The van der Waals surface area contributed by atoms with Gasteiger partial charge in [-0.1, -0.05) is 6.07 Å². The average molecular weight is 352 g/mol. The number of aryl methyl sites for hydroxylation is 1. The van der Waals surface area contributed by atoms with Crippen molar-refractivity contribution in [2.45, 2.75) is 25.4 Å². The number of rotatable bonds is 2. The molecule has 0 radical (unpaired) electrons. The van der Waals surface area contributed by atoms with Gasteiger partial charge in [0, 0.05) is 44.3 Å². The van der Waals surface area contributed by atoms with Crippen LogP contribution in [0.15, 0.2) is 42.7 Å². The van der Waals surface area contributed by atoms with E-state index in [-0.39, 0.29) is 11.5 Å². The van der Waals surface area contributed by atoms with E-state index < -0.39 is 0 Å². The van der Waals surface area contributed by atoms with Crippen LogP contribution >= 0.6 is 0 Å². The number of anilines is 1. The van der Waals surface area contributed by atoms with Gasteiger partial charge in [0.2, 0.25) is 0 Å². The first-order valence-electron chi connectivity index (χ1n) is 9.17. The van der Waals surface area contributed by atoms with Gasteiger partial charge >= 0.3 is 0 Å². The van der Waals surface area contributed by atoms with Gasteiger partial charge in [-0.25, -0.2) is 4.98 Å². The van der Waals surface area contributed by atoms with Gasteiger partial charge in [-0.3, -0.25) is 9.78 Å². The predicted octanol–water partition coefficient (Wildman–Crippen LogP) is 2.30. The Morgan fingerprint density at radius 3 is 2.65 bits per heavy atom. The molecule has 1 spiro atoms. The van der Waals surface area contributed by atoms with E-state index in [1.807, 2.05) is 48.4 Å². The Bertz CT molecular complexity index is 755. The van der Waals surface area contributed by atoms with Gasteiger partial charge in [0.25, 0.3) is 5.91 Å². The fraction of sp³-hybridized carbons (Fsp3) is 0.450. The monoisotopic (exact) mass is 352 g/mol. The summed E-state index contributed by atoms with van der Waals surface area (Å²) in [6, 6.07) is 9.73. The van der Waals surface area contributed by atoms with Crippen molar-refractivity contribution in [3.8, 4) is 0 Å². The number of likely N-dealkylation sites (tertiary alicyclic amines) is 1. The summed E-state index contributed by atoms with van der Waals surface area (Å²) in [5.74, 6) is 1.06. The summed E-state index contributed by atoms with van der Waals surface area (Å²) in [7, 11) is 0. The molecule has 0 N–H and O–H groups in total. The quantitative estimate of drug-likeness (QED) is 0.830. The second-order valence-electron chi connectivity index (χ2n) is 7.12. The fourth-order valence-electron chi connectivity index (χ4n) is 3.78. The van der Waals surface area contributed by atoms with Crippen LogP contribution in [0.4, 0.5) is 5.82 Å². The molecule has 4 rings (SSSR count). The largest absolute Gasteiger partial charge is 0.371 e. The summed E-state index contributed by atoms with van der Waals surface area (Å²) in [5.41, 5.74) is 1.40. The van der Waals surface area contributed by atoms with Crippen LogP contribution in [0.2, 0.25) is 0 Å². The minimum atomic E-state index is -0.182. The number of pyridine rings is 2. The van der Waals surface area contributed by atoms with Crippen LogP contribution in [-0.4, -0.2) is 59.2 Å². The van der Waals surface area contributed by atoms with Crippen LogP contribution in [0.3, 0.4) is 0 Å². The zero-order chi connectivity index (χ0) is 18.0. The summed E-state index contributed by atoms with van der Waals surface area (Å²) >= 11 is 0. The minimum Gasteiger partial charge on any atom is -0.371 e. The lowest BCUT2D eigenvalue weighted by molar-refractivity contribution is -0.0870. The Kier molecular flexibility index (Phi) is 4.59. The predicted molar refractivity (Wildman–Crippen MR) is 99.2 cm³/mol. The van der Waals surface area contributed by atoms with Crippen molar-refractivity contribution in [2.75, 3.05) is 37.7 Å². The first-order valence-corrected chi connectivity index (χ1v) is 9.17. The number of ether oxygens (including phenoxy) is 1. The van der Waals surface area contributed by atoms with Crippen LogP contribution in [0, 0.1) is 6.92 Å². The molecule has 4 heterocycles. The molecule has 6 heteroatoms. The normalized spacial score (nSPS) is 19.6. The molecule has 0 aliphatic carbocycles. The Hall–Kier alpha value is -2.47. The molecule has 0 bridgehead atoms. The minimum absolute atomic E-state index is 0.0599. The van der Waals surface area contributed by atoms with E-state index in [1.165, 1.54) is 0 Å². The molecule has 0 atom stereocenters. The average Bonchev–Trinajstić information content (AvgIpc) is 2.69. The highest BCUT2D eigenvalue weighted by atomic mass is 16.5. The number of amides is 1. The number of piperidine rings is 1. The third-order valence-corrected chi connectivity index (χ3v) is 5.34. The summed E-state index contributed by atoms with van der Waals surface area (Å²) in [4.78, 5) is 25.6. The number of carbonyl (C=O) groups excluding carboxylic acids is 1. The van der Waals surface area contributed by atoms with E-state index in [0.29, 0.717) is 25.3 Å². The second kappa shape index (κ2) is 7.03. The zero-order valence-corrected chi connectivity index (χ0v) is 15.1. The molecule has 2 aliphatic heterocycles. The fourth-order valence-corrected chi connectivity index (χ4v) is 3.78. The van der Waals surface area contributed by atoms with Gasteiger partial charge in [0.15, 0.2) is 0 Å². The Morgan fingerprint density at radius 1 is 1.12 bits per heavy atom. The van der Waals surface area contributed by atoms with Crippen LogP contribution in [0.25, 0.3) is 0 Å². The van der Waals surface area contributed by atoms with E-state index in [0.717, 1.165) is 37.4 Å². The lowest BCUT2D eigenvalue weighted by Gasteiger charge is -2.47. The molecule has 2 aromatic heterocycles. The molecular formula is C20H24N4O2. The lowest BCUT2D eigenvalue weighted by atomic mass is 9.89. The molecule has 2 saturated heterocycles. The van der Waals surface area contributed by atoms with Crippen LogP contribution in [0.1, 0.15) is 28.9 Å². The Balaban J connectivity index is 1.41. The van der Waals surface area contributed by atoms with Crippen LogP contribution < -0.4 is 4.90 Å². The highest BCUT2D eigenvalue weighted by Crippen LogP contribution is 2.32.